The van der Waals surface area contributed by atoms with E-state index in [0.717, 1.165) is 0 Å². The molecule has 0 fully saturated rings. The van der Waals surface area contributed by atoms with Gasteiger partial charge >= 0.3 is 49.4 Å². The van der Waals surface area contributed by atoms with Crippen molar-refractivity contribution in [2.24, 2.45) is 0 Å². The van der Waals surface area contributed by atoms with Gasteiger partial charge in [-0.3, -0.25) is 0 Å². The van der Waals surface area contributed by atoms with Crippen LogP contribution in [0.15, 0.2) is 170 Å². The van der Waals surface area contributed by atoms with Gasteiger partial charge < -0.3 is 9.97 Å². The molecule has 2 aliphatic heterocycles. The van der Waals surface area contributed by atoms with Gasteiger partial charge in [0.1, 0.15) is 22.6 Å². The van der Waals surface area contributed by atoms with Crippen LogP contribution in [0, 0.1) is 0 Å². The molecule has 128 heavy (non-hydrogen) atoms. The van der Waals surface area contributed by atoms with Crippen molar-refractivity contribution in [3.8, 4) is 90.1 Å². The van der Waals surface area contributed by atoms with Crippen LogP contribution >= 0.6 is 0 Å². The molecule has 0 amide bonds. The van der Waals surface area contributed by atoms with Crippen molar-refractivity contribution in [2.75, 3.05) is 0 Å². The lowest BCUT2D eigenvalue weighted by atomic mass is 9.82. The van der Waals surface area contributed by atoms with Crippen LogP contribution in [0.2, 0.25) is 0 Å². The maximum atomic E-state index is 15.6. The predicted molar refractivity (Wildman–Crippen MR) is 443 cm³/mol. The minimum atomic E-state index is -5.55. The Morgan fingerprint density at radius 3 is 0.625 bits per heavy atom. The second-order valence-corrected chi connectivity index (χ2v) is 36.2. The van der Waals surface area contributed by atoms with Gasteiger partial charge in [0, 0.05) is 66.1 Å². The largest absolute Gasteiger partial charge is 0.416 e. The molecule has 0 aliphatic carbocycles. The van der Waals surface area contributed by atoms with Gasteiger partial charge in [-0.2, -0.15) is 105 Å². The molecular formula is C96H66F24N8. The number of nitrogens with one attached hydrogen (secondary N) is 2. The molecule has 12 aromatic carbocycles. The standard InChI is InChI=1S/C96H66F24N8/c1-85(2,3)49-17-13-41-29-65-73(69(61(41)37-49)45-21-53(89(97,98)99)33-54(22-45)90(100,101)102)81-121-77(65)126-82-75-67(31-43-15-19-51(87(7,8)9)39-63(43)71(75)47-25-57(93(109,110)111)35-58(26-47)94(112,113)114)79(123-82)128-84-76-68(32-44-16-20-52(88(10,11)12)40-64(44)72(76)48-27-59(95(115,116)117)36-60(28-48)96(118,119)120)80(124-84)127-83-74-66(78(122-83)125-81)30-42-14-18-50(86(4,5)6)38-62(42)70(74)46-23-55(91(103,104)105)34-56(24-46)92(106,107)108/h13-40H,1-12H3,(H2,121,122,123,124,125,126,127,128). The zero-order valence-electron chi connectivity index (χ0n) is 68.9. The zero-order chi connectivity index (χ0) is 92.9. The van der Waals surface area contributed by atoms with Crippen molar-refractivity contribution in [2.45, 2.75) is 154 Å². The van der Waals surface area contributed by atoms with Crippen LogP contribution in [0.4, 0.5) is 105 Å². The predicted octanol–water partition coefficient (Wildman–Crippen LogP) is 31.5. The van der Waals surface area contributed by atoms with E-state index in [1.807, 2.05) is 0 Å². The molecule has 2 N–H and O–H groups in total. The molecule has 0 saturated heterocycles. The van der Waals surface area contributed by atoms with E-state index in [1.54, 1.807) is 107 Å². The number of fused-ring (bicyclic) bond motifs is 24. The molecule has 8 nitrogen and oxygen atoms in total. The van der Waals surface area contributed by atoms with E-state index in [4.69, 9.17) is 29.9 Å². The first-order valence-corrected chi connectivity index (χ1v) is 39.4. The van der Waals surface area contributed by atoms with E-state index in [1.165, 1.54) is 72.8 Å². The Bertz CT molecular complexity index is 6900. The number of halogens is 24. The van der Waals surface area contributed by atoms with E-state index >= 15 is 105 Å². The highest BCUT2D eigenvalue weighted by molar-refractivity contribution is 6.24. The average Bonchev–Trinajstić information content (AvgIpc) is 1.56. The van der Waals surface area contributed by atoms with Crippen LogP contribution in [0.3, 0.4) is 0 Å². The fraction of sp³-hybridized carbons (Fsp3) is 0.250. The summed E-state index contributed by atoms with van der Waals surface area (Å²) in [4.78, 5) is 36.5. The molecule has 32 heteroatoms. The average molecular weight is 1790 g/mol. The first-order chi connectivity index (χ1) is 58.9. The molecule has 15 aromatic rings. The van der Waals surface area contributed by atoms with Gasteiger partial charge in [0.15, 0.2) is 23.3 Å². The Balaban J connectivity index is 1.19. The van der Waals surface area contributed by atoms with E-state index < -0.39 is 228 Å². The highest BCUT2D eigenvalue weighted by atomic mass is 19.4. The fourth-order valence-corrected chi connectivity index (χ4v) is 16.7. The summed E-state index contributed by atoms with van der Waals surface area (Å²) in [5.41, 5.74) is -25.9. The first kappa shape index (κ1) is 87.4. The molecule has 0 saturated carbocycles. The lowest BCUT2D eigenvalue weighted by Crippen LogP contribution is -2.12. The van der Waals surface area contributed by atoms with Gasteiger partial charge in [-0.15, -0.1) is 0 Å². The van der Waals surface area contributed by atoms with E-state index in [9.17, 15) is 0 Å². The van der Waals surface area contributed by atoms with E-state index in [0.29, 0.717) is 70.8 Å². The number of aromatic nitrogens is 8. The van der Waals surface area contributed by atoms with Crippen molar-refractivity contribution >= 4 is 87.2 Å². The Hall–Kier alpha value is -12.6. The SMILES string of the molecule is CC(C)(C)c1ccc2cc3c(c(-c4cc(C(F)(F)F)cc(C(F)(F)F)c4)c2c1)-c1nc-3nc2[nH]c(nc3nc(nc4[nH]c(n1)c1cc5ccc(C(C)(C)C)cc5c(-c5cc(C(F)(F)F)cc(C(F)(F)F)c5)c41)-c1cc4ccc(C(C)(C)C)cc4c(-c4cc(C(F)(F)F)cc(C(F)(F)F)c4)c1-3)c1cc3ccc(C(C)(C)C)cc3c(-c3cc(C(F)(F)F)cc(C(F)(F)F)c3)c21. The number of alkyl halides is 24. The van der Waals surface area contributed by atoms with E-state index in [2.05, 4.69) is 9.97 Å². The summed E-state index contributed by atoms with van der Waals surface area (Å²) in [5, 5.41) is -1.81. The molecular weight excluding hydrogens is 1720 g/mol. The zero-order valence-corrected chi connectivity index (χ0v) is 68.9. The second-order valence-electron chi connectivity index (χ2n) is 36.2. The summed E-state index contributed by atoms with van der Waals surface area (Å²) in [6, 6.07) is 26.3. The maximum absolute atomic E-state index is 15.6. The van der Waals surface area contributed by atoms with Gasteiger partial charge in [-0.05, 0) is 231 Å². The monoisotopic (exact) mass is 1790 g/mol. The quantitative estimate of drug-likeness (QED) is 0.170. The summed E-state index contributed by atoms with van der Waals surface area (Å²) in [7, 11) is 0. The molecule has 0 spiro atoms. The normalized spacial score (nSPS) is 13.8. The fourth-order valence-electron chi connectivity index (χ4n) is 16.7. The smallest absolute Gasteiger partial charge is 0.324 e. The van der Waals surface area contributed by atoms with Gasteiger partial charge in [-0.1, -0.05) is 132 Å². The number of hydrogen-bond acceptors (Lipinski definition) is 6. The molecule has 8 bridgehead atoms. The van der Waals surface area contributed by atoms with Crippen molar-refractivity contribution < 1.29 is 105 Å². The summed E-state index contributed by atoms with van der Waals surface area (Å²) in [5.74, 6) is -2.80. The molecule has 2 aliphatic rings. The highest BCUT2D eigenvalue weighted by Crippen LogP contribution is 2.56. The van der Waals surface area contributed by atoms with Crippen LogP contribution in [-0.4, -0.2) is 39.9 Å². The van der Waals surface area contributed by atoms with Gasteiger partial charge in [0.2, 0.25) is 0 Å². The Kier molecular flexibility index (Phi) is 19.4. The van der Waals surface area contributed by atoms with E-state index in [-0.39, 0.29) is 89.3 Å². The minimum absolute atomic E-state index is 0.0205. The molecule has 17 rings (SSSR count). The van der Waals surface area contributed by atoms with Crippen LogP contribution in [0.1, 0.15) is 150 Å². The van der Waals surface area contributed by atoms with Gasteiger partial charge in [-0.25, -0.2) is 29.9 Å². The summed E-state index contributed by atoms with van der Waals surface area (Å²) in [6.45, 7) is 20.8. The summed E-state index contributed by atoms with van der Waals surface area (Å²) in [6.07, 6.45) is -44.4. The van der Waals surface area contributed by atoms with Crippen molar-refractivity contribution in [3.05, 3.63) is 237 Å². The molecule has 658 valence electrons. The number of H-pyrrole nitrogens is 2. The van der Waals surface area contributed by atoms with Crippen molar-refractivity contribution in [1.82, 2.24) is 39.9 Å². The number of aromatic amines is 2. The lowest BCUT2D eigenvalue weighted by Gasteiger charge is -2.22. The Morgan fingerprint density at radius 1 is 0.188 bits per heavy atom. The Morgan fingerprint density at radius 2 is 0.398 bits per heavy atom. The first-order valence-electron chi connectivity index (χ1n) is 39.4. The van der Waals surface area contributed by atoms with Crippen molar-refractivity contribution in [1.29, 1.82) is 0 Å². The molecule has 3 aromatic heterocycles. The third kappa shape index (κ3) is 15.6. The Labute approximate surface area is 710 Å². The third-order valence-corrected chi connectivity index (χ3v) is 23.2. The number of nitrogens with zero attached hydrogens (tertiary/aromatic N) is 6. The lowest BCUT2D eigenvalue weighted by molar-refractivity contribution is -0.144. The number of rotatable bonds is 4. The number of hydrogen-bond donors (Lipinski definition) is 2. The van der Waals surface area contributed by atoms with Gasteiger partial charge in [0.25, 0.3) is 0 Å². The second kappa shape index (κ2) is 28.4. The number of benzene rings is 12. The summed E-state index contributed by atoms with van der Waals surface area (Å²) < 4.78 is 375. The van der Waals surface area contributed by atoms with Crippen LogP contribution in [-0.2, 0) is 71.1 Å². The molecule has 0 radical (unpaired) electrons. The van der Waals surface area contributed by atoms with Crippen LogP contribution in [0.5, 0.6) is 0 Å². The van der Waals surface area contributed by atoms with Crippen molar-refractivity contribution in [3.63, 3.8) is 0 Å². The summed E-state index contributed by atoms with van der Waals surface area (Å²) >= 11 is 0. The molecule has 5 heterocycles. The minimum Gasteiger partial charge on any atom is -0.324 e. The topological polar surface area (TPSA) is 109 Å². The molecule has 0 atom stereocenters. The van der Waals surface area contributed by atoms with Crippen LogP contribution < -0.4 is 0 Å². The van der Waals surface area contributed by atoms with Crippen LogP contribution in [0.25, 0.3) is 177 Å². The van der Waals surface area contributed by atoms with Gasteiger partial charge in [0.05, 0.1) is 44.5 Å². The highest BCUT2D eigenvalue weighted by Gasteiger charge is 2.45. The molecule has 0 unspecified atom stereocenters. The third-order valence-electron chi connectivity index (χ3n) is 23.2. The maximum Gasteiger partial charge on any atom is 0.416 e.